The topological polar surface area (TPSA) is 47.9 Å². The highest BCUT2D eigenvalue weighted by Crippen LogP contribution is 2.45. The molecule has 0 aliphatic carbocycles. The number of methoxy groups -OCH3 is 3. The molecule has 0 atom stereocenters. The van der Waals surface area contributed by atoms with Gasteiger partial charge >= 0.3 is 0 Å². The maximum atomic E-state index is 10.2. The number of ether oxygens (including phenoxy) is 3. The molecule has 0 unspecified atom stereocenters. The van der Waals surface area contributed by atoms with Crippen molar-refractivity contribution >= 4 is 10.8 Å². The van der Waals surface area contributed by atoms with Crippen LogP contribution in [0.5, 0.6) is 23.0 Å². The lowest BCUT2D eigenvalue weighted by Crippen LogP contribution is -1.94. The van der Waals surface area contributed by atoms with E-state index in [1.54, 1.807) is 13.2 Å². The Morgan fingerprint density at radius 2 is 1.50 bits per heavy atom. The minimum absolute atomic E-state index is 0.0638. The second-order valence-electron chi connectivity index (χ2n) is 4.02. The minimum atomic E-state index is 0.0638. The third-order valence-electron chi connectivity index (χ3n) is 2.90. The lowest BCUT2D eigenvalue weighted by molar-refractivity contribution is 0.335. The van der Waals surface area contributed by atoms with Crippen LogP contribution in [0.1, 0.15) is 5.56 Å². The Kier molecular flexibility index (Phi) is 3.19. The van der Waals surface area contributed by atoms with Gasteiger partial charge in [0.25, 0.3) is 0 Å². The number of aromatic hydroxyl groups is 1. The Labute approximate surface area is 106 Å². The summed E-state index contributed by atoms with van der Waals surface area (Å²) in [5.74, 6) is 1.57. The van der Waals surface area contributed by atoms with Crippen LogP contribution in [0.15, 0.2) is 18.2 Å². The van der Waals surface area contributed by atoms with Crippen LogP contribution < -0.4 is 14.2 Å². The summed E-state index contributed by atoms with van der Waals surface area (Å²) in [4.78, 5) is 0. The van der Waals surface area contributed by atoms with Crippen LogP contribution in [-0.4, -0.2) is 26.4 Å². The largest absolute Gasteiger partial charge is 0.504 e. The Morgan fingerprint density at radius 1 is 0.833 bits per heavy atom. The first-order valence-corrected chi connectivity index (χ1v) is 5.54. The average Bonchev–Trinajstić information content (AvgIpc) is 2.38. The highest BCUT2D eigenvalue weighted by molar-refractivity contribution is 5.97. The molecule has 0 saturated carbocycles. The number of aryl methyl sites for hydroxylation is 1. The first-order chi connectivity index (χ1) is 8.62. The third-order valence-corrected chi connectivity index (χ3v) is 2.90. The second kappa shape index (κ2) is 4.64. The monoisotopic (exact) mass is 248 g/mol. The summed E-state index contributed by atoms with van der Waals surface area (Å²) in [5.41, 5.74) is 1.00. The molecule has 0 heterocycles. The SMILES string of the molecule is COc1cc2c(OC)cc(C)cc2c(O)c1OC. The summed E-state index contributed by atoms with van der Waals surface area (Å²) in [7, 11) is 4.63. The van der Waals surface area contributed by atoms with Crippen molar-refractivity contribution in [2.75, 3.05) is 21.3 Å². The fourth-order valence-corrected chi connectivity index (χ4v) is 2.06. The molecule has 2 aromatic carbocycles. The molecule has 0 spiro atoms. The van der Waals surface area contributed by atoms with Crippen molar-refractivity contribution in [3.05, 3.63) is 23.8 Å². The molecule has 0 aliphatic heterocycles. The Bertz CT molecular complexity index is 590. The molecule has 4 heteroatoms. The van der Waals surface area contributed by atoms with Crippen molar-refractivity contribution in [2.24, 2.45) is 0 Å². The van der Waals surface area contributed by atoms with Crippen LogP contribution in [0.3, 0.4) is 0 Å². The van der Waals surface area contributed by atoms with Crippen LogP contribution in [0, 0.1) is 6.92 Å². The second-order valence-corrected chi connectivity index (χ2v) is 4.02. The molecule has 0 bridgehead atoms. The maximum Gasteiger partial charge on any atom is 0.203 e. The Balaban J connectivity index is 2.89. The van der Waals surface area contributed by atoms with E-state index in [4.69, 9.17) is 14.2 Å². The van der Waals surface area contributed by atoms with Gasteiger partial charge in [0.2, 0.25) is 5.75 Å². The molecule has 0 saturated heterocycles. The number of rotatable bonds is 3. The van der Waals surface area contributed by atoms with E-state index >= 15 is 0 Å². The van der Waals surface area contributed by atoms with Gasteiger partial charge in [-0.05, 0) is 30.7 Å². The average molecular weight is 248 g/mol. The zero-order chi connectivity index (χ0) is 13.3. The molecule has 2 rings (SSSR count). The van der Waals surface area contributed by atoms with Crippen molar-refractivity contribution in [1.82, 2.24) is 0 Å². The van der Waals surface area contributed by atoms with Gasteiger partial charge in [-0.15, -0.1) is 0 Å². The summed E-state index contributed by atoms with van der Waals surface area (Å²) in [6.45, 7) is 1.94. The molecule has 18 heavy (non-hydrogen) atoms. The van der Waals surface area contributed by atoms with E-state index in [-0.39, 0.29) is 5.75 Å². The summed E-state index contributed by atoms with van der Waals surface area (Å²) < 4.78 is 15.7. The maximum absolute atomic E-state index is 10.2. The fourth-order valence-electron chi connectivity index (χ4n) is 2.06. The van der Waals surface area contributed by atoms with E-state index in [9.17, 15) is 5.11 Å². The van der Waals surface area contributed by atoms with E-state index in [1.165, 1.54) is 14.2 Å². The van der Waals surface area contributed by atoms with Crippen molar-refractivity contribution in [1.29, 1.82) is 0 Å². The Morgan fingerprint density at radius 3 is 2.06 bits per heavy atom. The number of phenolic OH excluding ortho intramolecular Hbond substituents is 1. The van der Waals surface area contributed by atoms with Crippen molar-refractivity contribution in [3.8, 4) is 23.0 Å². The van der Waals surface area contributed by atoms with E-state index in [1.807, 2.05) is 19.1 Å². The highest BCUT2D eigenvalue weighted by Gasteiger charge is 2.16. The molecule has 0 radical (unpaired) electrons. The molecule has 2 aromatic rings. The predicted octanol–water partition coefficient (Wildman–Crippen LogP) is 2.88. The van der Waals surface area contributed by atoms with E-state index in [0.717, 1.165) is 10.9 Å². The van der Waals surface area contributed by atoms with E-state index < -0.39 is 0 Å². The summed E-state index contributed by atoms with van der Waals surface area (Å²) in [5, 5.41) is 11.7. The number of phenols is 1. The number of hydrogen-bond acceptors (Lipinski definition) is 4. The highest BCUT2D eigenvalue weighted by atomic mass is 16.5. The van der Waals surface area contributed by atoms with Gasteiger partial charge in [-0.1, -0.05) is 0 Å². The van der Waals surface area contributed by atoms with Crippen molar-refractivity contribution < 1.29 is 19.3 Å². The van der Waals surface area contributed by atoms with Gasteiger partial charge in [-0.2, -0.15) is 0 Å². The Hall–Kier alpha value is -2.10. The van der Waals surface area contributed by atoms with Crippen LogP contribution in [0.4, 0.5) is 0 Å². The first kappa shape index (κ1) is 12.4. The molecule has 0 amide bonds. The molecule has 96 valence electrons. The molecule has 4 nitrogen and oxygen atoms in total. The minimum Gasteiger partial charge on any atom is -0.504 e. The number of benzene rings is 2. The smallest absolute Gasteiger partial charge is 0.203 e. The molecule has 1 N–H and O–H groups in total. The summed E-state index contributed by atoms with van der Waals surface area (Å²) >= 11 is 0. The zero-order valence-corrected chi connectivity index (χ0v) is 10.9. The summed E-state index contributed by atoms with van der Waals surface area (Å²) in [6, 6.07) is 5.59. The standard InChI is InChI=1S/C14H16O4/c1-8-5-10-9(11(6-8)16-2)7-12(17-3)14(18-4)13(10)15/h5-7,15H,1-4H3. The lowest BCUT2D eigenvalue weighted by atomic mass is 10.0. The first-order valence-electron chi connectivity index (χ1n) is 5.54. The van der Waals surface area contributed by atoms with Gasteiger partial charge < -0.3 is 19.3 Å². The van der Waals surface area contributed by atoms with Crippen LogP contribution >= 0.6 is 0 Å². The van der Waals surface area contributed by atoms with Crippen molar-refractivity contribution in [3.63, 3.8) is 0 Å². The van der Waals surface area contributed by atoms with Crippen LogP contribution in [0.2, 0.25) is 0 Å². The summed E-state index contributed by atoms with van der Waals surface area (Å²) in [6.07, 6.45) is 0. The molecule has 0 fully saturated rings. The third kappa shape index (κ3) is 1.79. The van der Waals surface area contributed by atoms with Crippen LogP contribution in [-0.2, 0) is 0 Å². The van der Waals surface area contributed by atoms with Gasteiger partial charge in [0.15, 0.2) is 11.5 Å². The number of hydrogen-bond donors (Lipinski definition) is 1. The quantitative estimate of drug-likeness (QED) is 0.907. The fraction of sp³-hybridized carbons (Fsp3) is 0.286. The van der Waals surface area contributed by atoms with E-state index in [2.05, 4.69) is 0 Å². The molecular formula is C14H16O4. The normalized spacial score (nSPS) is 10.4. The number of fused-ring (bicyclic) bond motifs is 1. The van der Waals surface area contributed by atoms with Gasteiger partial charge in [0.05, 0.1) is 21.3 Å². The molecule has 0 aliphatic rings. The lowest BCUT2D eigenvalue weighted by Gasteiger charge is -2.14. The zero-order valence-electron chi connectivity index (χ0n) is 10.9. The predicted molar refractivity (Wildman–Crippen MR) is 70.0 cm³/mol. The van der Waals surface area contributed by atoms with E-state index in [0.29, 0.717) is 22.6 Å². The van der Waals surface area contributed by atoms with Gasteiger partial charge in [0.1, 0.15) is 5.75 Å². The van der Waals surface area contributed by atoms with Gasteiger partial charge in [-0.3, -0.25) is 0 Å². The van der Waals surface area contributed by atoms with Gasteiger partial charge in [-0.25, -0.2) is 0 Å². The molecule has 0 aromatic heterocycles. The van der Waals surface area contributed by atoms with Crippen molar-refractivity contribution in [2.45, 2.75) is 6.92 Å². The molecular weight excluding hydrogens is 232 g/mol. The van der Waals surface area contributed by atoms with Crippen LogP contribution in [0.25, 0.3) is 10.8 Å². The van der Waals surface area contributed by atoms with Gasteiger partial charge in [0, 0.05) is 10.8 Å².